The fraction of sp³-hybridized carbons (Fsp3) is 0.100. The number of halogens is 1. The van der Waals surface area contributed by atoms with Gasteiger partial charge in [0.2, 0.25) is 5.28 Å². The maximum Gasteiger partial charge on any atom is 0.226 e. The van der Waals surface area contributed by atoms with Crippen LogP contribution in [0.1, 0.15) is 25.0 Å². The molecule has 5 heteroatoms. The summed E-state index contributed by atoms with van der Waals surface area (Å²) < 4.78 is 6.06. The summed E-state index contributed by atoms with van der Waals surface area (Å²) in [5.41, 5.74) is 8.43. The number of para-hydroxylation sites is 1. The smallest absolute Gasteiger partial charge is 0.226 e. The van der Waals surface area contributed by atoms with Gasteiger partial charge in [0.1, 0.15) is 11.2 Å². The van der Waals surface area contributed by atoms with E-state index in [0.717, 1.165) is 33.1 Å². The molecule has 0 spiro atoms. The van der Waals surface area contributed by atoms with Crippen LogP contribution in [-0.2, 0) is 5.41 Å². The van der Waals surface area contributed by atoms with Crippen LogP contribution in [0, 0.1) is 0 Å². The normalized spacial score (nSPS) is 13.8. The van der Waals surface area contributed by atoms with E-state index >= 15 is 0 Å². The summed E-state index contributed by atoms with van der Waals surface area (Å²) in [7, 11) is 0. The minimum absolute atomic E-state index is 0.108. The zero-order valence-electron chi connectivity index (χ0n) is 19.2. The summed E-state index contributed by atoms with van der Waals surface area (Å²) in [5.74, 6) is 1.08. The molecular formula is C30H20ClN3O. The first-order valence-corrected chi connectivity index (χ1v) is 12.0. The molecule has 0 amide bonds. The molecule has 0 aliphatic heterocycles. The first kappa shape index (κ1) is 20.4. The van der Waals surface area contributed by atoms with E-state index in [-0.39, 0.29) is 10.7 Å². The van der Waals surface area contributed by atoms with Crippen LogP contribution >= 0.6 is 11.6 Å². The van der Waals surface area contributed by atoms with E-state index in [1.54, 1.807) is 0 Å². The number of nitrogens with zero attached hydrogens (tertiary/aromatic N) is 3. The third-order valence-corrected chi connectivity index (χ3v) is 7.26. The predicted molar refractivity (Wildman–Crippen MR) is 141 cm³/mol. The van der Waals surface area contributed by atoms with Crippen molar-refractivity contribution >= 4 is 33.5 Å². The van der Waals surface area contributed by atoms with Crippen LogP contribution in [-0.4, -0.2) is 15.0 Å². The molecule has 0 N–H and O–H groups in total. The average Bonchev–Trinajstić information content (AvgIpc) is 3.36. The fourth-order valence-electron chi connectivity index (χ4n) is 5.40. The molecule has 35 heavy (non-hydrogen) atoms. The summed E-state index contributed by atoms with van der Waals surface area (Å²) in [6, 6.07) is 28.9. The highest BCUT2D eigenvalue weighted by Gasteiger charge is 2.35. The first-order valence-electron chi connectivity index (χ1n) is 11.6. The van der Waals surface area contributed by atoms with Crippen LogP contribution in [0.4, 0.5) is 0 Å². The Morgan fingerprint density at radius 3 is 2.29 bits per heavy atom. The quantitative estimate of drug-likeness (QED) is 0.255. The third kappa shape index (κ3) is 2.96. The molecule has 1 aliphatic carbocycles. The van der Waals surface area contributed by atoms with Gasteiger partial charge in [0.05, 0.1) is 0 Å². The number of furan rings is 1. The molecule has 0 bridgehead atoms. The Labute approximate surface area is 207 Å². The van der Waals surface area contributed by atoms with Gasteiger partial charge in [-0.25, -0.2) is 4.98 Å². The molecule has 0 saturated carbocycles. The van der Waals surface area contributed by atoms with Crippen LogP contribution in [0.5, 0.6) is 0 Å². The van der Waals surface area contributed by atoms with Gasteiger partial charge in [-0.3, -0.25) is 0 Å². The topological polar surface area (TPSA) is 51.8 Å². The van der Waals surface area contributed by atoms with E-state index in [4.69, 9.17) is 21.0 Å². The van der Waals surface area contributed by atoms with Crippen molar-refractivity contribution in [3.05, 3.63) is 101 Å². The van der Waals surface area contributed by atoms with Gasteiger partial charge in [0.25, 0.3) is 0 Å². The van der Waals surface area contributed by atoms with Gasteiger partial charge in [0.15, 0.2) is 11.6 Å². The molecule has 6 aromatic rings. The molecule has 7 rings (SSSR count). The van der Waals surface area contributed by atoms with E-state index in [9.17, 15) is 0 Å². The standard InChI is InChI=1S/C30H20ClN3O/c1-30(2)22-11-5-3-8-18(22)19-15-14-17(16-23(19)30)27-32-28(34-29(31)33-27)21-10-7-13-25-26(21)20-9-4-6-12-24(20)35-25/h3-16H,1-2H3. The highest BCUT2D eigenvalue weighted by Crippen LogP contribution is 2.49. The van der Waals surface area contributed by atoms with Crippen molar-refractivity contribution in [2.75, 3.05) is 0 Å². The maximum absolute atomic E-state index is 6.45. The average molecular weight is 474 g/mol. The predicted octanol–water partition coefficient (Wildman–Crippen LogP) is 8.06. The number of benzene rings is 4. The van der Waals surface area contributed by atoms with E-state index in [2.05, 4.69) is 72.3 Å². The highest BCUT2D eigenvalue weighted by atomic mass is 35.5. The van der Waals surface area contributed by atoms with Crippen molar-refractivity contribution in [1.82, 2.24) is 15.0 Å². The van der Waals surface area contributed by atoms with Crippen LogP contribution < -0.4 is 0 Å². The first-order chi connectivity index (χ1) is 17.0. The van der Waals surface area contributed by atoms with Gasteiger partial charge in [-0.05, 0) is 52.1 Å². The molecule has 0 atom stereocenters. The number of rotatable bonds is 2. The Bertz CT molecular complexity index is 1800. The number of hydrogen-bond donors (Lipinski definition) is 0. The van der Waals surface area contributed by atoms with Crippen molar-refractivity contribution < 1.29 is 4.42 Å². The summed E-state index contributed by atoms with van der Waals surface area (Å²) >= 11 is 6.45. The van der Waals surface area contributed by atoms with E-state index in [1.807, 2.05) is 36.4 Å². The molecule has 0 fully saturated rings. The molecule has 4 nitrogen and oxygen atoms in total. The Kier molecular flexibility index (Phi) is 4.21. The Morgan fingerprint density at radius 2 is 1.37 bits per heavy atom. The summed E-state index contributed by atoms with van der Waals surface area (Å²) in [4.78, 5) is 13.9. The second-order valence-electron chi connectivity index (χ2n) is 9.46. The Hall–Kier alpha value is -4.02. The molecule has 4 aromatic carbocycles. The van der Waals surface area contributed by atoms with Crippen LogP contribution in [0.25, 0.3) is 55.8 Å². The lowest BCUT2D eigenvalue weighted by atomic mass is 9.82. The van der Waals surface area contributed by atoms with Gasteiger partial charge in [0, 0.05) is 27.3 Å². The van der Waals surface area contributed by atoms with Crippen molar-refractivity contribution in [3.8, 4) is 33.9 Å². The van der Waals surface area contributed by atoms with Crippen molar-refractivity contribution in [2.24, 2.45) is 0 Å². The molecule has 0 radical (unpaired) electrons. The lowest BCUT2D eigenvalue weighted by molar-refractivity contribution is 0.660. The van der Waals surface area contributed by atoms with Gasteiger partial charge < -0.3 is 4.42 Å². The molecule has 0 unspecified atom stereocenters. The summed E-state index contributed by atoms with van der Waals surface area (Å²) in [6.45, 7) is 4.52. The highest BCUT2D eigenvalue weighted by molar-refractivity contribution is 6.28. The van der Waals surface area contributed by atoms with Crippen molar-refractivity contribution in [3.63, 3.8) is 0 Å². The summed E-state index contributed by atoms with van der Waals surface area (Å²) in [5, 5.41) is 2.16. The monoisotopic (exact) mass is 473 g/mol. The van der Waals surface area contributed by atoms with Crippen molar-refractivity contribution in [1.29, 1.82) is 0 Å². The Morgan fingerprint density at radius 1 is 0.657 bits per heavy atom. The zero-order valence-corrected chi connectivity index (χ0v) is 20.0. The van der Waals surface area contributed by atoms with E-state index in [0.29, 0.717) is 11.6 Å². The lowest BCUT2D eigenvalue weighted by Gasteiger charge is -2.21. The third-order valence-electron chi connectivity index (χ3n) is 7.09. The molecule has 0 saturated heterocycles. The fourth-order valence-corrected chi connectivity index (χ4v) is 5.56. The minimum Gasteiger partial charge on any atom is -0.456 e. The van der Waals surface area contributed by atoms with Gasteiger partial charge in [-0.1, -0.05) is 80.6 Å². The lowest BCUT2D eigenvalue weighted by Crippen LogP contribution is -2.15. The SMILES string of the molecule is CC1(C)c2ccccc2-c2ccc(-c3nc(Cl)nc(-c4cccc5oc6ccccc6c45)n3)cc21. The number of fused-ring (bicyclic) bond motifs is 6. The second kappa shape index (κ2) is 7.24. The summed E-state index contributed by atoms with van der Waals surface area (Å²) in [6.07, 6.45) is 0. The largest absolute Gasteiger partial charge is 0.456 e. The van der Waals surface area contributed by atoms with E-state index in [1.165, 1.54) is 22.3 Å². The second-order valence-corrected chi connectivity index (χ2v) is 9.80. The molecule has 1 aliphatic rings. The molecule has 168 valence electrons. The van der Waals surface area contributed by atoms with Gasteiger partial charge in [-0.2, -0.15) is 9.97 Å². The molecule has 2 heterocycles. The Balaban J connectivity index is 1.41. The van der Waals surface area contributed by atoms with Gasteiger partial charge >= 0.3 is 0 Å². The zero-order chi connectivity index (χ0) is 23.7. The number of aromatic nitrogens is 3. The maximum atomic E-state index is 6.45. The molecule has 2 aromatic heterocycles. The van der Waals surface area contributed by atoms with Crippen LogP contribution in [0.3, 0.4) is 0 Å². The van der Waals surface area contributed by atoms with Crippen LogP contribution in [0.15, 0.2) is 89.3 Å². The molecular weight excluding hydrogens is 454 g/mol. The van der Waals surface area contributed by atoms with Crippen molar-refractivity contribution in [2.45, 2.75) is 19.3 Å². The van der Waals surface area contributed by atoms with Gasteiger partial charge in [-0.15, -0.1) is 0 Å². The number of hydrogen-bond acceptors (Lipinski definition) is 4. The minimum atomic E-state index is -0.108. The van der Waals surface area contributed by atoms with Crippen LogP contribution in [0.2, 0.25) is 5.28 Å². The van der Waals surface area contributed by atoms with E-state index < -0.39 is 0 Å².